The number of carbonyl (C=O) groups is 1. The zero-order valence-electron chi connectivity index (χ0n) is 9.14. The van der Waals surface area contributed by atoms with Gasteiger partial charge in [0.1, 0.15) is 0 Å². The summed E-state index contributed by atoms with van der Waals surface area (Å²) in [5.41, 5.74) is 6.78. The second kappa shape index (κ2) is 4.49. The van der Waals surface area contributed by atoms with Gasteiger partial charge in [-0.05, 0) is 19.4 Å². The van der Waals surface area contributed by atoms with Gasteiger partial charge in [-0.15, -0.1) is 0 Å². The van der Waals surface area contributed by atoms with Gasteiger partial charge in [0.2, 0.25) is 5.91 Å². The molecule has 5 nitrogen and oxygen atoms in total. The second-order valence-corrected chi connectivity index (χ2v) is 3.92. The van der Waals surface area contributed by atoms with Gasteiger partial charge in [0.05, 0.1) is 29.6 Å². The Hall–Kier alpha value is -1.62. The van der Waals surface area contributed by atoms with Gasteiger partial charge >= 0.3 is 0 Å². The highest BCUT2D eigenvalue weighted by Crippen LogP contribution is 2.23. The molecule has 1 amide bonds. The van der Waals surface area contributed by atoms with E-state index in [-0.39, 0.29) is 17.9 Å². The molecule has 1 aliphatic rings. The first-order chi connectivity index (χ1) is 7.68. The molecule has 0 radical (unpaired) electrons. The molecule has 16 heavy (non-hydrogen) atoms. The van der Waals surface area contributed by atoms with Gasteiger partial charge in [-0.25, -0.2) is 0 Å². The lowest BCUT2D eigenvalue weighted by Gasteiger charge is -2.14. The summed E-state index contributed by atoms with van der Waals surface area (Å²) in [6.07, 6.45) is 3.85. The molecular weight excluding hydrogens is 206 g/mol. The maximum Gasteiger partial charge on any atom is 0.230 e. The fourth-order valence-electron chi connectivity index (χ4n) is 1.82. The van der Waals surface area contributed by atoms with Gasteiger partial charge in [-0.3, -0.25) is 9.78 Å². The third-order valence-electron chi connectivity index (χ3n) is 2.82. The van der Waals surface area contributed by atoms with Crippen molar-refractivity contribution in [2.75, 3.05) is 17.7 Å². The largest absolute Gasteiger partial charge is 0.396 e. The van der Waals surface area contributed by atoms with E-state index >= 15 is 0 Å². The van der Waals surface area contributed by atoms with Crippen molar-refractivity contribution < 1.29 is 9.53 Å². The van der Waals surface area contributed by atoms with Crippen molar-refractivity contribution in [2.24, 2.45) is 5.92 Å². The van der Waals surface area contributed by atoms with E-state index in [1.807, 2.05) is 6.92 Å². The zero-order valence-corrected chi connectivity index (χ0v) is 9.14. The quantitative estimate of drug-likeness (QED) is 0.781. The number of aromatic nitrogens is 1. The Morgan fingerprint density at radius 2 is 2.50 bits per heavy atom. The van der Waals surface area contributed by atoms with E-state index in [9.17, 15) is 4.79 Å². The van der Waals surface area contributed by atoms with E-state index < -0.39 is 0 Å². The molecule has 1 aromatic heterocycles. The van der Waals surface area contributed by atoms with Crippen molar-refractivity contribution >= 4 is 17.3 Å². The number of nitrogens with one attached hydrogen (secondary N) is 1. The van der Waals surface area contributed by atoms with Gasteiger partial charge < -0.3 is 15.8 Å². The smallest absolute Gasteiger partial charge is 0.230 e. The first-order valence-electron chi connectivity index (χ1n) is 5.30. The van der Waals surface area contributed by atoms with Crippen LogP contribution in [0.5, 0.6) is 0 Å². The lowest BCUT2D eigenvalue weighted by atomic mass is 10.0. The van der Waals surface area contributed by atoms with Crippen LogP contribution in [0.4, 0.5) is 11.4 Å². The standard InChI is InChI=1S/C11H15N3O2/c1-7-8(3-5-16-7)11(15)14-10-2-4-13-6-9(10)12/h2,4,6-8H,3,5,12H2,1H3,(H,13,14,15). The number of amides is 1. The summed E-state index contributed by atoms with van der Waals surface area (Å²) in [4.78, 5) is 15.8. The van der Waals surface area contributed by atoms with Crippen LogP contribution in [-0.2, 0) is 9.53 Å². The summed E-state index contributed by atoms with van der Waals surface area (Å²) < 4.78 is 5.35. The number of nitrogen functional groups attached to an aromatic ring is 1. The summed E-state index contributed by atoms with van der Waals surface area (Å²) >= 11 is 0. The van der Waals surface area contributed by atoms with Crippen molar-refractivity contribution in [3.05, 3.63) is 18.5 Å². The normalized spacial score (nSPS) is 24.3. The van der Waals surface area contributed by atoms with Crippen LogP contribution < -0.4 is 11.1 Å². The molecule has 0 saturated carbocycles. The number of anilines is 2. The van der Waals surface area contributed by atoms with E-state index in [4.69, 9.17) is 10.5 Å². The van der Waals surface area contributed by atoms with E-state index in [0.717, 1.165) is 6.42 Å². The number of pyridine rings is 1. The Morgan fingerprint density at radius 1 is 1.69 bits per heavy atom. The number of rotatable bonds is 2. The van der Waals surface area contributed by atoms with Crippen LogP contribution in [-0.4, -0.2) is 23.6 Å². The average molecular weight is 221 g/mol. The van der Waals surface area contributed by atoms with E-state index in [1.165, 1.54) is 6.20 Å². The number of nitrogens with two attached hydrogens (primary N) is 1. The minimum Gasteiger partial charge on any atom is -0.396 e. The molecule has 1 aliphatic heterocycles. The predicted octanol–water partition coefficient (Wildman–Crippen LogP) is 1.03. The van der Waals surface area contributed by atoms with E-state index in [1.54, 1.807) is 12.3 Å². The monoisotopic (exact) mass is 221 g/mol. The number of hydrogen-bond donors (Lipinski definition) is 2. The molecule has 3 N–H and O–H groups in total. The molecule has 0 spiro atoms. The van der Waals surface area contributed by atoms with Crippen LogP contribution in [0.2, 0.25) is 0 Å². The number of hydrogen-bond acceptors (Lipinski definition) is 4. The predicted molar refractivity (Wildman–Crippen MR) is 60.8 cm³/mol. The van der Waals surface area contributed by atoms with Crippen molar-refractivity contribution in [1.82, 2.24) is 4.98 Å². The second-order valence-electron chi connectivity index (χ2n) is 3.92. The average Bonchev–Trinajstić information content (AvgIpc) is 2.68. The van der Waals surface area contributed by atoms with Crippen LogP contribution >= 0.6 is 0 Å². The van der Waals surface area contributed by atoms with Gasteiger partial charge in [-0.2, -0.15) is 0 Å². The molecule has 1 fully saturated rings. The number of ether oxygens (including phenoxy) is 1. The molecule has 5 heteroatoms. The van der Waals surface area contributed by atoms with Gasteiger partial charge in [-0.1, -0.05) is 0 Å². The van der Waals surface area contributed by atoms with Gasteiger partial charge in [0.25, 0.3) is 0 Å². The lowest BCUT2D eigenvalue weighted by molar-refractivity contribution is -0.121. The number of carbonyl (C=O) groups excluding carboxylic acids is 1. The Labute approximate surface area is 94.0 Å². The lowest BCUT2D eigenvalue weighted by Crippen LogP contribution is -2.28. The van der Waals surface area contributed by atoms with Crippen molar-refractivity contribution in [3.63, 3.8) is 0 Å². The Bertz CT molecular complexity index is 395. The first-order valence-corrected chi connectivity index (χ1v) is 5.30. The summed E-state index contributed by atoms with van der Waals surface area (Å²) in [5.74, 6) is -0.129. The Balaban J connectivity index is 2.05. The summed E-state index contributed by atoms with van der Waals surface area (Å²) in [7, 11) is 0. The van der Waals surface area contributed by atoms with Crippen LogP contribution in [0.15, 0.2) is 18.5 Å². The molecule has 2 rings (SSSR count). The van der Waals surface area contributed by atoms with Crippen LogP contribution in [0.3, 0.4) is 0 Å². The van der Waals surface area contributed by atoms with Crippen LogP contribution in [0, 0.1) is 5.92 Å². The first kappa shape index (κ1) is 10.9. The summed E-state index contributed by atoms with van der Waals surface area (Å²) in [6, 6.07) is 1.69. The SMILES string of the molecule is CC1OCCC1C(=O)Nc1ccncc1N. The highest BCUT2D eigenvalue weighted by atomic mass is 16.5. The fourth-order valence-corrected chi connectivity index (χ4v) is 1.82. The van der Waals surface area contributed by atoms with Crippen molar-refractivity contribution in [1.29, 1.82) is 0 Å². The molecule has 0 aromatic carbocycles. The maximum atomic E-state index is 11.9. The van der Waals surface area contributed by atoms with Crippen molar-refractivity contribution in [2.45, 2.75) is 19.4 Å². The maximum absolute atomic E-state index is 11.9. The third-order valence-corrected chi connectivity index (χ3v) is 2.82. The molecule has 86 valence electrons. The topological polar surface area (TPSA) is 77.2 Å². The summed E-state index contributed by atoms with van der Waals surface area (Å²) in [6.45, 7) is 2.55. The van der Waals surface area contributed by atoms with Crippen molar-refractivity contribution in [3.8, 4) is 0 Å². The minimum atomic E-state index is -0.0902. The molecular formula is C11H15N3O2. The van der Waals surface area contributed by atoms with E-state index in [0.29, 0.717) is 18.0 Å². The molecule has 0 bridgehead atoms. The Morgan fingerprint density at radius 3 is 3.12 bits per heavy atom. The highest BCUT2D eigenvalue weighted by molar-refractivity contribution is 5.95. The fraction of sp³-hybridized carbons (Fsp3) is 0.455. The molecule has 2 heterocycles. The third kappa shape index (κ3) is 2.14. The molecule has 1 aromatic rings. The molecule has 1 saturated heterocycles. The molecule has 0 aliphatic carbocycles. The number of nitrogens with zero attached hydrogens (tertiary/aromatic N) is 1. The van der Waals surface area contributed by atoms with Gasteiger partial charge in [0, 0.05) is 12.8 Å². The van der Waals surface area contributed by atoms with E-state index in [2.05, 4.69) is 10.3 Å². The highest BCUT2D eigenvalue weighted by Gasteiger charge is 2.30. The van der Waals surface area contributed by atoms with Crippen LogP contribution in [0.1, 0.15) is 13.3 Å². The van der Waals surface area contributed by atoms with Gasteiger partial charge in [0.15, 0.2) is 0 Å². The minimum absolute atomic E-state index is 0.0249. The Kier molecular flexibility index (Phi) is 3.05. The molecule has 2 atom stereocenters. The molecule has 2 unspecified atom stereocenters. The zero-order chi connectivity index (χ0) is 11.5. The van der Waals surface area contributed by atoms with Crippen LogP contribution in [0.25, 0.3) is 0 Å². The summed E-state index contributed by atoms with van der Waals surface area (Å²) in [5, 5.41) is 2.80.